The number of aliphatic hydroxyl groups is 1. The van der Waals surface area contributed by atoms with Crippen LogP contribution in [-0.2, 0) is 9.59 Å². The summed E-state index contributed by atoms with van der Waals surface area (Å²) in [5.74, 6) is -0.379. The van der Waals surface area contributed by atoms with Crippen LogP contribution >= 0.6 is 0 Å². The van der Waals surface area contributed by atoms with Crippen LogP contribution in [0.1, 0.15) is 46.5 Å². The molecule has 0 aliphatic heterocycles. The highest BCUT2D eigenvalue weighted by molar-refractivity contribution is 5.97. The van der Waals surface area contributed by atoms with E-state index in [1.165, 1.54) is 0 Å². The van der Waals surface area contributed by atoms with Gasteiger partial charge in [-0.25, -0.2) is 4.79 Å². The Labute approximate surface area is 118 Å². The van der Waals surface area contributed by atoms with E-state index >= 15 is 0 Å². The van der Waals surface area contributed by atoms with E-state index in [2.05, 4.69) is 20.8 Å². The lowest BCUT2D eigenvalue weighted by molar-refractivity contribution is -0.139. The lowest BCUT2D eigenvalue weighted by Gasteiger charge is -2.52. The predicted molar refractivity (Wildman–Crippen MR) is 73.0 cm³/mol. The second-order valence-corrected chi connectivity index (χ2v) is 7.45. The molecule has 20 heavy (non-hydrogen) atoms. The minimum absolute atomic E-state index is 0.0307. The van der Waals surface area contributed by atoms with Gasteiger partial charge in [-0.15, -0.1) is 0 Å². The van der Waals surface area contributed by atoms with Crippen molar-refractivity contribution in [3.8, 4) is 0 Å². The number of carboxylic acids is 1. The number of carboxylic acid groups (broad SMARTS) is 1. The lowest BCUT2D eigenvalue weighted by Crippen LogP contribution is -2.48. The van der Waals surface area contributed by atoms with E-state index in [0.717, 1.165) is 24.8 Å². The first-order valence-corrected chi connectivity index (χ1v) is 7.37. The molecule has 0 aromatic rings. The Morgan fingerprint density at radius 1 is 1.35 bits per heavy atom. The van der Waals surface area contributed by atoms with Gasteiger partial charge >= 0.3 is 5.97 Å². The summed E-state index contributed by atoms with van der Waals surface area (Å²) < 4.78 is 0. The molecule has 3 aliphatic rings. The van der Waals surface area contributed by atoms with Crippen molar-refractivity contribution in [1.29, 1.82) is 0 Å². The van der Waals surface area contributed by atoms with Crippen LogP contribution in [-0.4, -0.2) is 28.1 Å². The Morgan fingerprint density at radius 3 is 2.55 bits per heavy atom. The Hall–Kier alpha value is -1.16. The maximum Gasteiger partial charge on any atom is 0.334 e. The minimum atomic E-state index is -1.81. The van der Waals surface area contributed by atoms with Crippen LogP contribution in [0.5, 0.6) is 0 Å². The van der Waals surface area contributed by atoms with E-state index < -0.39 is 11.6 Å². The zero-order valence-electron chi connectivity index (χ0n) is 12.3. The number of fused-ring (bicyclic) bond motifs is 1. The SMILES string of the molecule is CC1CCC2CC3=C(C(=O)O)C(O)(C=O)CC31C2(C)C. The largest absolute Gasteiger partial charge is 0.478 e. The van der Waals surface area contributed by atoms with E-state index in [4.69, 9.17) is 0 Å². The van der Waals surface area contributed by atoms with Gasteiger partial charge in [0.05, 0.1) is 5.57 Å². The molecule has 4 heteroatoms. The molecular weight excluding hydrogens is 256 g/mol. The number of aliphatic carboxylic acids is 1. The number of hydrogen-bond donors (Lipinski definition) is 2. The molecule has 0 amide bonds. The molecule has 0 aromatic carbocycles. The maximum atomic E-state index is 11.6. The fraction of sp³-hybridized carbons (Fsp3) is 0.750. The van der Waals surface area contributed by atoms with Crippen molar-refractivity contribution in [2.45, 2.75) is 52.1 Å². The highest BCUT2D eigenvalue weighted by Gasteiger charge is 2.69. The molecule has 0 heterocycles. The van der Waals surface area contributed by atoms with Crippen molar-refractivity contribution in [2.24, 2.45) is 22.7 Å². The third-order valence-corrected chi connectivity index (χ3v) is 6.64. The molecule has 2 saturated carbocycles. The number of aldehydes is 1. The van der Waals surface area contributed by atoms with Crippen molar-refractivity contribution >= 4 is 12.3 Å². The fourth-order valence-corrected chi connectivity index (χ4v) is 5.55. The molecule has 0 saturated heterocycles. The second-order valence-electron chi connectivity index (χ2n) is 7.45. The molecule has 3 aliphatic carbocycles. The average Bonchev–Trinajstić information content (AvgIpc) is 2.67. The molecule has 2 bridgehead atoms. The quantitative estimate of drug-likeness (QED) is 0.759. The summed E-state index contributed by atoms with van der Waals surface area (Å²) in [6.45, 7) is 6.49. The molecule has 4 nitrogen and oxygen atoms in total. The predicted octanol–water partition coefficient (Wildman–Crippen LogP) is 2.16. The van der Waals surface area contributed by atoms with Gasteiger partial charge in [0.1, 0.15) is 0 Å². The topological polar surface area (TPSA) is 74.6 Å². The summed E-state index contributed by atoms with van der Waals surface area (Å²) in [5, 5.41) is 20.1. The Bertz CT molecular complexity index is 533. The Balaban J connectivity index is 2.29. The van der Waals surface area contributed by atoms with Crippen molar-refractivity contribution in [3.63, 3.8) is 0 Å². The smallest absolute Gasteiger partial charge is 0.334 e. The van der Waals surface area contributed by atoms with Crippen molar-refractivity contribution in [2.75, 3.05) is 0 Å². The van der Waals surface area contributed by atoms with Crippen LogP contribution in [0.15, 0.2) is 11.1 Å². The van der Waals surface area contributed by atoms with Crippen molar-refractivity contribution in [3.05, 3.63) is 11.1 Å². The summed E-state index contributed by atoms with van der Waals surface area (Å²) in [5.41, 5.74) is -1.39. The second kappa shape index (κ2) is 3.73. The Morgan fingerprint density at radius 2 is 2.00 bits per heavy atom. The van der Waals surface area contributed by atoms with Gasteiger partial charge in [0.15, 0.2) is 11.9 Å². The first-order valence-electron chi connectivity index (χ1n) is 7.37. The highest BCUT2D eigenvalue weighted by Crippen LogP contribution is 2.73. The fourth-order valence-electron chi connectivity index (χ4n) is 5.55. The standard InChI is InChI=1S/C16H22O4/c1-9-4-5-10-6-11-12(13(18)19)15(20,8-17)7-16(9,11)14(10,2)3/h8-10,20H,4-7H2,1-3H3,(H,18,19). The van der Waals surface area contributed by atoms with E-state index in [1.807, 2.05) is 0 Å². The third kappa shape index (κ3) is 1.26. The normalized spacial score (nSPS) is 45.4. The maximum absolute atomic E-state index is 11.6. The van der Waals surface area contributed by atoms with Crippen molar-refractivity contribution in [1.82, 2.24) is 0 Å². The molecule has 2 fully saturated rings. The molecular formula is C16H22O4. The number of hydrogen-bond acceptors (Lipinski definition) is 3. The number of allylic oxidation sites excluding steroid dienone is 1. The van der Waals surface area contributed by atoms with Gasteiger partial charge in [0, 0.05) is 5.41 Å². The van der Waals surface area contributed by atoms with Gasteiger partial charge in [-0.2, -0.15) is 0 Å². The molecule has 0 radical (unpaired) electrons. The van der Waals surface area contributed by atoms with Gasteiger partial charge in [-0.3, -0.25) is 4.79 Å². The molecule has 4 atom stereocenters. The summed E-state index contributed by atoms with van der Waals surface area (Å²) in [6, 6.07) is 0. The average molecular weight is 278 g/mol. The van der Waals surface area contributed by atoms with E-state index in [1.54, 1.807) is 0 Å². The van der Waals surface area contributed by atoms with Gasteiger partial charge in [0.2, 0.25) is 0 Å². The zero-order valence-corrected chi connectivity index (χ0v) is 12.3. The Kier molecular flexibility index (Phi) is 2.57. The van der Waals surface area contributed by atoms with E-state index in [0.29, 0.717) is 18.1 Å². The summed E-state index contributed by atoms with van der Waals surface area (Å²) in [4.78, 5) is 23.0. The number of rotatable bonds is 2. The van der Waals surface area contributed by atoms with Gasteiger partial charge in [0.25, 0.3) is 0 Å². The van der Waals surface area contributed by atoms with Gasteiger partial charge in [-0.05, 0) is 48.5 Å². The minimum Gasteiger partial charge on any atom is -0.478 e. The third-order valence-electron chi connectivity index (χ3n) is 6.64. The van der Waals surface area contributed by atoms with Crippen LogP contribution in [0.4, 0.5) is 0 Å². The zero-order chi connectivity index (χ0) is 14.9. The van der Waals surface area contributed by atoms with Gasteiger partial charge < -0.3 is 10.2 Å². The number of carbonyl (C=O) groups is 2. The first kappa shape index (κ1) is 13.8. The monoisotopic (exact) mass is 278 g/mol. The first-order chi connectivity index (χ1) is 9.20. The van der Waals surface area contributed by atoms with E-state index in [-0.39, 0.29) is 22.8 Å². The molecule has 110 valence electrons. The molecule has 1 spiro atoms. The van der Waals surface area contributed by atoms with Crippen LogP contribution in [0.25, 0.3) is 0 Å². The molecule has 0 aromatic heterocycles. The van der Waals surface area contributed by atoms with Crippen molar-refractivity contribution < 1.29 is 19.8 Å². The highest BCUT2D eigenvalue weighted by atomic mass is 16.4. The van der Waals surface area contributed by atoms with Crippen LogP contribution < -0.4 is 0 Å². The molecule has 3 rings (SSSR count). The molecule has 4 unspecified atom stereocenters. The summed E-state index contributed by atoms with van der Waals surface area (Å²) in [7, 11) is 0. The van der Waals surface area contributed by atoms with Gasteiger partial charge in [-0.1, -0.05) is 20.8 Å². The van der Waals surface area contributed by atoms with E-state index in [9.17, 15) is 19.8 Å². The summed E-state index contributed by atoms with van der Waals surface area (Å²) in [6.07, 6.45) is 3.54. The lowest BCUT2D eigenvalue weighted by atomic mass is 9.52. The summed E-state index contributed by atoms with van der Waals surface area (Å²) >= 11 is 0. The van der Waals surface area contributed by atoms with Crippen LogP contribution in [0.2, 0.25) is 0 Å². The molecule has 2 N–H and O–H groups in total. The number of carbonyl (C=O) groups excluding carboxylic acids is 1. The van der Waals surface area contributed by atoms with Crippen LogP contribution in [0, 0.1) is 22.7 Å². The van der Waals surface area contributed by atoms with Crippen LogP contribution in [0.3, 0.4) is 0 Å².